The fraction of sp³-hybridized carbons (Fsp3) is 1.00. The Labute approximate surface area is 100 Å². The van der Waals surface area contributed by atoms with E-state index >= 15 is 0 Å². The van der Waals surface area contributed by atoms with Crippen molar-refractivity contribution in [3.05, 3.63) is 0 Å². The van der Waals surface area contributed by atoms with E-state index in [9.17, 15) is 52.0 Å². The molecule has 0 bridgehead atoms. The lowest BCUT2D eigenvalue weighted by molar-refractivity contribution is -0.167. The van der Waals surface area contributed by atoms with E-state index in [0.717, 1.165) is 0 Å². The van der Waals surface area contributed by atoms with E-state index < -0.39 is 47.5 Å². The Balaban J connectivity index is 5.45. The predicted molar refractivity (Wildman–Crippen MR) is 42.6 cm³/mol. The molecular weight excluding hydrogens is 342 g/mol. The first-order valence-electron chi connectivity index (χ1n) is 3.70. The van der Waals surface area contributed by atoms with Crippen molar-refractivity contribution in [1.29, 1.82) is 0 Å². The molecule has 0 aromatic heterocycles. The lowest BCUT2D eigenvalue weighted by Gasteiger charge is -2.19. The average molecular weight is 345 g/mol. The molecule has 0 aliphatic rings. The first-order valence-corrected chi connectivity index (χ1v) is 6.67. The highest BCUT2D eigenvalue weighted by Gasteiger charge is 2.58. The van der Waals surface area contributed by atoms with Gasteiger partial charge in [0.05, 0.1) is 0 Å². The number of hydrogen-bond acceptors (Lipinski definition) is 4. The van der Waals surface area contributed by atoms with Gasteiger partial charge >= 0.3 is 27.0 Å². The third-order valence-electron chi connectivity index (χ3n) is 1.32. The summed E-state index contributed by atoms with van der Waals surface area (Å²) in [5.41, 5.74) is -6.28. The quantitative estimate of drug-likeness (QED) is 0.779. The Hall–Kier alpha value is -0.700. The Morgan fingerprint density at radius 1 is 0.737 bits per heavy atom. The van der Waals surface area contributed by atoms with Crippen molar-refractivity contribution >= 4 is 20.0 Å². The molecule has 0 heterocycles. The van der Waals surface area contributed by atoms with Crippen LogP contribution in [-0.2, 0) is 20.0 Å². The summed E-state index contributed by atoms with van der Waals surface area (Å²) in [6, 6.07) is 0. The number of alkyl halides is 8. The second kappa shape index (κ2) is 4.69. The molecule has 0 aliphatic carbocycles. The molecule has 0 unspecified atom stereocenters. The molecule has 0 radical (unpaired) electrons. The standard InChI is InChI=1S/C4H3F8NO4S2/c5-2(6,7)1-3(8,9)18(14,15)13-19(16,17)4(10,11)12/h13H,1H2. The summed E-state index contributed by atoms with van der Waals surface area (Å²) in [6.45, 7) is 0. The molecule has 0 saturated heterocycles. The monoisotopic (exact) mass is 345 g/mol. The Bertz CT molecular complexity index is 528. The third-order valence-corrected chi connectivity index (χ3v) is 4.62. The molecule has 1 N–H and O–H groups in total. The van der Waals surface area contributed by atoms with Gasteiger partial charge in [-0.25, -0.2) is 16.8 Å². The van der Waals surface area contributed by atoms with Gasteiger partial charge in [0, 0.05) is 0 Å². The molecule has 19 heavy (non-hydrogen) atoms. The lowest BCUT2D eigenvalue weighted by Crippen LogP contribution is -2.48. The van der Waals surface area contributed by atoms with Crippen LogP contribution in [0.5, 0.6) is 0 Å². The van der Waals surface area contributed by atoms with Crippen LogP contribution in [0.4, 0.5) is 35.1 Å². The zero-order valence-electron chi connectivity index (χ0n) is 8.18. The number of halogens is 8. The topological polar surface area (TPSA) is 80.3 Å². The summed E-state index contributed by atoms with van der Waals surface area (Å²) in [5, 5.41) is -5.79. The van der Waals surface area contributed by atoms with Gasteiger partial charge in [0.25, 0.3) is 10.0 Å². The molecule has 0 rings (SSSR count). The van der Waals surface area contributed by atoms with E-state index in [0.29, 0.717) is 0 Å². The molecular formula is C4H3F8NO4S2. The fourth-order valence-corrected chi connectivity index (χ4v) is 2.96. The van der Waals surface area contributed by atoms with Gasteiger partial charge in [-0.2, -0.15) is 35.1 Å². The molecule has 0 aromatic rings. The largest absolute Gasteiger partial charge is 0.512 e. The van der Waals surface area contributed by atoms with Gasteiger partial charge in [-0.15, -0.1) is 0 Å². The maximum Gasteiger partial charge on any atom is 0.512 e. The molecule has 0 saturated carbocycles. The Morgan fingerprint density at radius 2 is 1.11 bits per heavy atom. The maximum absolute atomic E-state index is 12.6. The van der Waals surface area contributed by atoms with E-state index in [-0.39, 0.29) is 0 Å². The van der Waals surface area contributed by atoms with Gasteiger partial charge in [-0.05, 0) is 0 Å². The minimum atomic E-state index is -6.78. The highest BCUT2D eigenvalue weighted by molar-refractivity contribution is 8.05. The van der Waals surface area contributed by atoms with E-state index in [1.165, 1.54) is 0 Å². The Kier molecular flexibility index (Phi) is 4.52. The second-order valence-electron chi connectivity index (χ2n) is 2.97. The van der Waals surface area contributed by atoms with Crippen molar-refractivity contribution in [2.45, 2.75) is 23.4 Å². The molecule has 116 valence electrons. The van der Waals surface area contributed by atoms with E-state index in [2.05, 4.69) is 0 Å². The third kappa shape index (κ3) is 4.72. The maximum atomic E-state index is 12.6. The van der Waals surface area contributed by atoms with Crippen molar-refractivity contribution < 1.29 is 52.0 Å². The first kappa shape index (κ1) is 18.3. The minimum Gasteiger partial charge on any atom is -0.205 e. The molecule has 0 aliphatic heterocycles. The number of hydrogen-bond donors (Lipinski definition) is 1. The zero-order chi connectivity index (χ0) is 15.9. The minimum absolute atomic E-state index is 0.495. The van der Waals surface area contributed by atoms with E-state index in [1.54, 1.807) is 0 Å². The van der Waals surface area contributed by atoms with Crippen LogP contribution < -0.4 is 4.13 Å². The molecule has 0 fully saturated rings. The van der Waals surface area contributed by atoms with Crippen molar-refractivity contribution in [2.24, 2.45) is 0 Å². The number of rotatable bonds is 4. The van der Waals surface area contributed by atoms with E-state index in [1.807, 2.05) is 0 Å². The molecule has 0 aromatic carbocycles. The first-order chi connectivity index (χ1) is 7.91. The van der Waals surface area contributed by atoms with Crippen molar-refractivity contribution in [3.8, 4) is 0 Å². The van der Waals surface area contributed by atoms with Crippen LogP contribution >= 0.6 is 0 Å². The SMILES string of the molecule is O=S(=O)(NS(=O)(=O)C(F)(F)CC(F)(F)F)C(F)(F)F. The molecule has 5 nitrogen and oxygen atoms in total. The molecule has 15 heteroatoms. The van der Waals surface area contributed by atoms with Gasteiger partial charge in [-0.3, -0.25) is 0 Å². The average Bonchev–Trinajstić information content (AvgIpc) is 1.92. The number of sulfonamides is 2. The van der Waals surface area contributed by atoms with Crippen LogP contribution in [0.1, 0.15) is 6.42 Å². The van der Waals surface area contributed by atoms with Gasteiger partial charge in [0.1, 0.15) is 6.42 Å². The summed E-state index contributed by atoms with van der Waals surface area (Å²) < 4.78 is 136. The molecule has 0 atom stereocenters. The molecule has 0 amide bonds. The Morgan fingerprint density at radius 3 is 1.37 bits per heavy atom. The van der Waals surface area contributed by atoms with Crippen molar-refractivity contribution in [2.75, 3.05) is 0 Å². The highest BCUT2D eigenvalue weighted by atomic mass is 32.3. The van der Waals surface area contributed by atoms with Gasteiger partial charge in [0.15, 0.2) is 0 Å². The molecule has 0 spiro atoms. The van der Waals surface area contributed by atoms with Crippen LogP contribution in [-0.4, -0.2) is 33.8 Å². The van der Waals surface area contributed by atoms with Crippen LogP contribution in [0.15, 0.2) is 0 Å². The van der Waals surface area contributed by atoms with Gasteiger partial charge in [-0.1, -0.05) is 4.13 Å². The number of nitrogens with one attached hydrogen (secondary N) is 1. The van der Waals surface area contributed by atoms with Gasteiger partial charge in [0.2, 0.25) is 0 Å². The van der Waals surface area contributed by atoms with Crippen LogP contribution in [0.25, 0.3) is 0 Å². The van der Waals surface area contributed by atoms with Crippen molar-refractivity contribution in [3.63, 3.8) is 0 Å². The normalized spacial score (nSPS) is 15.6. The van der Waals surface area contributed by atoms with Gasteiger partial charge < -0.3 is 0 Å². The van der Waals surface area contributed by atoms with E-state index in [4.69, 9.17) is 0 Å². The van der Waals surface area contributed by atoms with Crippen LogP contribution in [0.2, 0.25) is 0 Å². The summed E-state index contributed by atoms with van der Waals surface area (Å²) in [7, 11) is -13.5. The fourth-order valence-electron chi connectivity index (χ4n) is 0.581. The highest BCUT2D eigenvalue weighted by Crippen LogP contribution is 2.36. The second-order valence-corrected chi connectivity index (χ2v) is 6.71. The van der Waals surface area contributed by atoms with Crippen LogP contribution in [0, 0.1) is 0 Å². The lowest BCUT2D eigenvalue weighted by atomic mass is 10.4. The smallest absolute Gasteiger partial charge is 0.205 e. The van der Waals surface area contributed by atoms with Crippen molar-refractivity contribution in [1.82, 2.24) is 4.13 Å². The summed E-state index contributed by atoms with van der Waals surface area (Å²) in [4.78, 5) is 0. The zero-order valence-corrected chi connectivity index (χ0v) is 9.81. The summed E-state index contributed by atoms with van der Waals surface area (Å²) >= 11 is 0. The summed E-state index contributed by atoms with van der Waals surface area (Å²) in [5.74, 6) is 0. The van der Waals surface area contributed by atoms with Crippen LogP contribution in [0.3, 0.4) is 0 Å². The predicted octanol–water partition coefficient (Wildman–Crippen LogP) is 1.30. The summed E-state index contributed by atoms with van der Waals surface area (Å²) in [6.07, 6.45) is -9.09.